The van der Waals surface area contributed by atoms with Gasteiger partial charge in [0.1, 0.15) is 0 Å². The van der Waals surface area contributed by atoms with Gasteiger partial charge in [0, 0.05) is 47.7 Å². The summed E-state index contributed by atoms with van der Waals surface area (Å²) in [5.74, 6) is 0.953. The maximum absolute atomic E-state index is 13.4. The number of anilines is 1. The van der Waals surface area contributed by atoms with Crippen molar-refractivity contribution in [1.82, 2.24) is 20.2 Å². The molecule has 0 spiro atoms. The third-order valence-electron chi connectivity index (χ3n) is 6.14. The summed E-state index contributed by atoms with van der Waals surface area (Å²) in [6, 6.07) is 18.3. The standard InChI is InChI=1S/C27H31N5O2.2H2/c1-19-12-16-32(17-13-19)26(34)24-18-30-27(29-15-14-28-20(2)33)31-25(24)23-10-8-22(9-11-23)21-6-4-3-5-7-21;;/h3-11,18-19H,12-17H2,1-2H3,(H,28,33)(H,29,30,31);2*1H. The van der Waals surface area contributed by atoms with Crippen molar-refractivity contribution in [2.45, 2.75) is 26.7 Å². The molecule has 1 aromatic heterocycles. The van der Waals surface area contributed by atoms with Gasteiger partial charge in [0.2, 0.25) is 11.9 Å². The Balaban J connectivity index is 0.00000228. The lowest BCUT2D eigenvalue weighted by Gasteiger charge is -2.30. The lowest BCUT2D eigenvalue weighted by atomic mass is 9.97. The number of nitrogens with zero attached hydrogens (tertiary/aromatic N) is 3. The van der Waals surface area contributed by atoms with Gasteiger partial charge in [0.25, 0.3) is 5.91 Å². The molecule has 7 nitrogen and oxygen atoms in total. The van der Waals surface area contributed by atoms with E-state index < -0.39 is 0 Å². The highest BCUT2D eigenvalue weighted by molar-refractivity contribution is 6.00. The number of carbonyl (C=O) groups excluding carboxylic acids is 2. The molecular formula is C27H35N5O2. The van der Waals surface area contributed by atoms with Crippen molar-refractivity contribution in [1.29, 1.82) is 0 Å². The van der Waals surface area contributed by atoms with Crippen LogP contribution in [0.4, 0.5) is 5.95 Å². The van der Waals surface area contributed by atoms with E-state index in [1.54, 1.807) is 6.20 Å². The Morgan fingerprint density at radius 2 is 1.62 bits per heavy atom. The summed E-state index contributed by atoms with van der Waals surface area (Å²) in [5.41, 5.74) is 4.22. The predicted molar refractivity (Wildman–Crippen MR) is 139 cm³/mol. The topological polar surface area (TPSA) is 87.2 Å². The zero-order valence-corrected chi connectivity index (χ0v) is 19.8. The van der Waals surface area contributed by atoms with Crippen LogP contribution in [0.2, 0.25) is 0 Å². The quantitative estimate of drug-likeness (QED) is 0.497. The molecule has 180 valence electrons. The van der Waals surface area contributed by atoms with Crippen molar-refractivity contribution in [2.75, 3.05) is 31.5 Å². The van der Waals surface area contributed by atoms with E-state index in [1.807, 2.05) is 47.4 Å². The largest absolute Gasteiger partial charge is 0.355 e. The van der Waals surface area contributed by atoms with Crippen LogP contribution in [-0.2, 0) is 4.79 Å². The van der Waals surface area contributed by atoms with Crippen LogP contribution >= 0.6 is 0 Å². The van der Waals surface area contributed by atoms with Crippen LogP contribution in [-0.4, -0.2) is 52.9 Å². The van der Waals surface area contributed by atoms with Gasteiger partial charge >= 0.3 is 0 Å². The molecule has 3 aromatic rings. The van der Waals surface area contributed by atoms with Crippen LogP contribution in [0.3, 0.4) is 0 Å². The molecule has 0 unspecified atom stereocenters. The maximum Gasteiger partial charge on any atom is 0.257 e. The average molecular weight is 462 g/mol. The van der Waals surface area contributed by atoms with Gasteiger partial charge in [-0.15, -0.1) is 0 Å². The van der Waals surface area contributed by atoms with Crippen molar-refractivity contribution >= 4 is 17.8 Å². The molecule has 1 saturated heterocycles. The van der Waals surface area contributed by atoms with Crippen molar-refractivity contribution in [2.24, 2.45) is 5.92 Å². The van der Waals surface area contributed by atoms with E-state index in [0.717, 1.165) is 42.6 Å². The lowest BCUT2D eigenvalue weighted by Crippen LogP contribution is -2.38. The molecule has 0 aliphatic carbocycles. The Morgan fingerprint density at radius 1 is 0.971 bits per heavy atom. The molecule has 2 N–H and O–H groups in total. The van der Waals surface area contributed by atoms with E-state index in [1.165, 1.54) is 6.92 Å². The molecule has 2 heterocycles. The van der Waals surface area contributed by atoms with Crippen molar-refractivity contribution in [3.8, 4) is 22.4 Å². The molecule has 0 bridgehead atoms. The number of aromatic nitrogens is 2. The molecule has 2 amide bonds. The smallest absolute Gasteiger partial charge is 0.257 e. The summed E-state index contributed by atoms with van der Waals surface area (Å²) in [4.78, 5) is 35.5. The van der Waals surface area contributed by atoms with E-state index in [2.05, 4.69) is 34.7 Å². The Labute approximate surface area is 203 Å². The highest BCUT2D eigenvalue weighted by Gasteiger charge is 2.25. The lowest BCUT2D eigenvalue weighted by molar-refractivity contribution is -0.118. The van der Waals surface area contributed by atoms with Crippen LogP contribution in [0.15, 0.2) is 60.8 Å². The van der Waals surface area contributed by atoms with Crippen LogP contribution in [0.1, 0.15) is 39.9 Å². The normalized spacial score (nSPS) is 14.0. The molecule has 7 heteroatoms. The fourth-order valence-corrected chi connectivity index (χ4v) is 4.09. The first-order valence-corrected chi connectivity index (χ1v) is 11.8. The zero-order chi connectivity index (χ0) is 23.9. The molecule has 0 radical (unpaired) electrons. The third-order valence-corrected chi connectivity index (χ3v) is 6.14. The summed E-state index contributed by atoms with van der Waals surface area (Å²) in [7, 11) is 0. The number of carbonyl (C=O) groups is 2. The van der Waals surface area contributed by atoms with Crippen molar-refractivity contribution < 1.29 is 12.4 Å². The number of piperidine rings is 1. The minimum atomic E-state index is -0.0845. The molecular weight excluding hydrogens is 426 g/mol. The maximum atomic E-state index is 13.4. The van der Waals surface area contributed by atoms with Gasteiger partial charge in [-0.25, -0.2) is 9.97 Å². The van der Waals surface area contributed by atoms with E-state index in [4.69, 9.17) is 4.98 Å². The summed E-state index contributed by atoms with van der Waals surface area (Å²) < 4.78 is 0. The monoisotopic (exact) mass is 461 g/mol. The third kappa shape index (κ3) is 5.78. The van der Waals surface area contributed by atoms with Crippen LogP contribution in [0.25, 0.3) is 22.4 Å². The van der Waals surface area contributed by atoms with Gasteiger partial charge in [-0.3, -0.25) is 9.59 Å². The second-order valence-electron chi connectivity index (χ2n) is 8.78. The van der Waals surface area contributed by atoms with Crippen LogP contribution in [0, 0.1) is 5.92 Å². The summed E-state index contributed by atoms with van der Waals surface area (Å²) >= 11 is 0. The zero-order valence-electron chi connectivity index (χ0n) is 19.8. The van der Waals surface area contributed by atoms with Gasteiger partial charge in [0.05, 0.1) is 11.3 Å². The second kappa shape index (κ2) is 10.9. The first-order valence-electron chi connectivity index (χ1n) is 11.8. The summed E-state index contributed by atoms with van der Waals surface area (Å²) in [5, 5.41) is 5.88. The summed E-state index contributed by atoms with van der Waals surface area (Å²) in [6.07, 6.45) is 3.64. The Hall–Kier alpha value is -3.74. The molecule has 0 atom stereocenters. The van der Waals surface area contributed by atoms with Gasteiger partial charge in [0.15, 0.2) is 0 Å². The first kappa shape index (κ1) is 23.4. The number of likely N-dealkylation sites (tertiary alicyclic amines) is 1. The molecule has 4 rings (SSSR count). The number of hydrogen-bond acceptors (Lipinski definition) is 5. The summed E-state index contributed by atoms with van der Waals surface area (Å²) in [6.45, 7) is 6.17. The Morgan fingerprint density at radius 3 is 2.29 bits per heavy atom. The number of hydrogen-bond donors (Lipinski definition) is 2. The Kier molecular flexibility index (Phi) is 7.52. The number of amides is 2. The predicted octanol–water partition coefficient (Wildman–Crippen LogP) is 4.72. The number of benzene rings is 2. The van der Waals surface area contributed by atoms with E-state index in [-0.39, 0.29) is 14.7 Å². The van der Waals surface area contributed by atoms with Gasteiger partial charge in [-0.05, 0) is 29.9 Å². The molecule has 0 saturated carbocycles. The van der Waals surface area contributed by atoms with Crippen LogP contribution in [0.5, 0.6) is 0 Å². The van der Waals surface area contributed by atoms with E-state index >= 15 is 0 Å². The minimum absolute atomic E-state index is 0. The second-order valence-corrected chi connectivity index (χ2v) is 8.78. The van der Waals surface area contributed by atoms with E-state index in [0.29, 0.717) is 36.2 Å². The molecule has 1 aliphatic rings. The number of nitrogens with one attached hydrogen (secondary N) is 2. The van der Waals surface area contributed by atoms with Crippen LogP contribution < -0.4 is 10.6 Å². The van der Waals surface area contributed by atoms with Gasteiger partial charge in [-0.2, -0.15) is 0 Å². The Bertz CT molecular complexity index is 1130. The molecule has 34 heavy (non-hydrogen) atoms. The highest BCUT2D eigenvalue weighted by atomic mass is 16.2. The average Bonchev–Trinajstić information content (AvgIpc) is 2.87. The molecule has 2 aromatic carbocycles. The fraction of sp³-hybridized carbons (Fsp3) is 0.333. The fourth-order valence-electron chi connectivity index (χ4n) is 4.09. The van der Waals surface area contributed by atoms with Crippen molar-refractivity contribution in [3.05, 3.63) is 66.4 Å². The molecule has 1 fully saturated rings. The SMILES string of the molecule is CC(=O)NCCNc1ncc(C(=O)N2CCC(C)CC2)c(-c2ccc(-c3ccccc3)cc2)n1.[HH].[HH]. The van der Waals surface area contributed by atoms with Gasteiger partial charge < -0.3 is 15.5 Å². The highest BCUT2D eigenvalue weighted by Crippen LogP contribution is 2.28. The molecule has 1 aliphatic heterocycles. The van der Waals surface area contributed by atoms with Gasteiger partial charge in [-0.1, -0.05) is 61.5 Å². The van der Waals surface area contributed by atoms with Crippen molar-refractivity contribution in [3.63, 3.8) is 0 Å². The van der Waals surface area contributed by atoms with E-state index in [9.17, 15) is 9.59 Å². The minimum Gasteiger partial charge on any atom is -0.355 e. The first-order chi connectivity index (χ1) is 16.5. The number of rotatable bonds is 7.